The number of hydrogen-bond acceptors (Lipinski definition) is 3. The maximum absolute atomic E-state index is 11.5. The molecule has 0 unspecified atom stereocenters. The zero-order valence-corrected chi connectivity index (χ0v) is 20.0. The second-order valence-corrected chi connectivity index (χ2v) is 7.08. The lowest BCUT2D eigenvalue weighted by molar-refractivity contribution is -0.130. The van der Waals surface area contributed by atoms with Crippen molar-refractivity contribution in [2.45, 2.75) is 27.0 Å². The Morgan fingerprint density at radius 2 is 1.67 bits per heavy atom. The first-order chi connectivity index (χ1) is 14.2. The molecule has 2 aromatic rings. The van der Waals surface area contributed by atoms with E-state index in [1.807, 2.05) is 41.3 Å². The van der Waals surface area contributed by atoms with Crippen LogP contribution >= 0.6 is 24.0 Å². The second-order valence-electron chi connectivity index (χ2n) is 7.08. The molecule has 0 radical (unpaired) electrons. The lowest BCUT2D eigenvalue weighted by Crippen LogP contribution is -2.53. The molecule has 1 fully saturated rings. The van der Waals surface area contributed by atoms with Crippen molar-refractivity contribution in [2.75, 3.05) is 32.7 Å². The number of guanidine groups is 1. The Bertz CT molecular complexity index is 821. The van der Waals surface area contributed by atoms with Gasteiger partial charge in [0.05, 0.1) is 6.54 Å². The van der Waals surface area contributed by atoms with Crippen LogP contribution in [0, 0.1) is 0 Å². The number of aliphatic imine (C=N–C) groups is 1. The third-order valence-electron chi connectivity index (χ3n) is 4.91. The van der Waals surface area contributed by atoms with Gasteiger partial charge in [0.1, 0.15) is 12.4 Å². The van der Waals surface area contributed by atoms with Crippen LogP contribution in [0.25, 0.3) is 0 Å². The van der Waals surface area contributed by atoms with Gasteiger partial charge in [-0.1, -0.05) is 42.5 Å². The van der Waals surface area contributed by atoms with Crippen LogP contribution in [0.4, 0.5) is 0 Å². The Kier molecular flexibility index (Phi) is 9.93. The van der Waals surface area contributed by atoms with Gasteiger partial charge in [0, 0.05) is 39.6 Å². The number of halogens is 1. The van der Waals surface area contributed by atoms with Crippen LogP contribution in [0.2, 0.25) is 0 Å². The Morgan fingerprint density at radius 1 is 1.00 bits per heavy atom. The molecule has 1 aliphatic heterocycles. The molecule has 1 aliphatic rings. The number of nitrogens with zero attached hydrogens (tertiary/aromatic N) is 3. The average Bonchev–Trinajstić information content (AvgIpc) is 2.76. The number of carbonyl (C=O) groups is 1. The summed E-state index contributed by atoms with van der Waals surface area (Å²) in [6.07, 6.45) is 0. The van der Waals surface area contributed by atoms with Crippen LogP contribution in [-0.2, 0) is 17.9 Å². The summed E-state index contributed by atoms with van der Waals surface area (Å²) in [5.41, 5.74) is 2.28. The van der Waals surface area contributed by atoms with E-state index in [1.165, 1.54) is 0 Å². The number of carbonyl (C=O) groups excluding carboxylic acids is 1. The molecule has 1 saturated heterocycles. The Labute approximate surface area is 196 Å². The number of para-hydroxylation sites is 1. The highest BCUT2D eigenvalue weighted by Crippen LogP contribution is 2.13. The standard InChI is InChI=1S/C23H30N4O2.HI/c1-3-24-23(27-14-12-26(13-15-27)19(2)28)25-17-20-8-7-9-21(16-20)18-29-22-10-5-4-6-11-22;/h4-11,16H,3,12-15,17-18H2,1-2H3,(H,24,25);1H. The number of hydrogen-bond donors (Lipinski definition) is 1. The summed E-state index contributed by atoms with van der Waals surface area (Å²) >= 11 is 0. The molecule has 6 nitrogen and oxygen atoms in total. The van der Waals surface area contributed by atoms with Gasteiger partial charge in [0.2, 0.25) is 5.91 Å². The summed E-state index contributed by atoms with van der Waals surface area (Å²) in [6.45, 7) is 8.75. The molecule has 0 aromatic heterocycles. The first kappa shape index (κ1) is 24.0. The van der Waals surface area contributed by atoms with E-state index >= 15 is 0 Å². The van der Waals surface area contributed by atoms with E-state index in [9.17, 15) is 4.79 Å². The maximum atomic E-state index is 11.5. The van der Waals surface area contributed by atoms with Gasteiger partial charge >= 0.3 is 0 Å². The SMILES string of the molecule is CCNC(=NCc1cccc(COc2ccccc2)c1)N1CCN(C(C)=O)CC1.I. The topological polar surface area (TPSA) is 57.2 Å². The molecule has 30 heavy (non-hydrogen) atoms. The smallest absolute Gasteiger partial charge is 0.219 e. The third-order valence-corrected chi connectivity index (χ3v) is 4.91. The molecule has 0 atom stereocenters. The second kappa shape index (κ2) is 12.4. The maximum Gasteiger partial charge on any atom is 0.219 e. The molecule has 0 saturated carbocycles. The Morgan fingerprint density at radius 3 is 2.33 bits per heavy atom. The fourth-order valence-corrected chi connectivity index (χ4v) is 3.33. The summed E-state index contributed by atoms with van der Waals surface area (Å²) in [4.78, 5) is 20.5. The summed E-state index contributed by atoms with van der Waals surface area (Å²) in [6, 6.07) is 18.2. The van der Waals surface area contributed by atoms with Crippen molar-refractivity contribution in [2.24, 2.45) is 4.99 Å². The molecule has 3 rings (SSSR count). The molecule has 0 aliphatic carbocycles. The molecule has 162 valence electrons. The molecule has 1 amide bonds. The van der Waals surface area contributed by atoms with Gasteiger partial charge in [-0.25, -0.2) is 4.99 Å². The first-order valence-electron chi connectivity index (χ1n) is 10.2. The summed E-state index contributed by atoms with van der Waals surface area (Å²) in [7, 11) is 0. The number of nitrogens with one attached hydrogen (secondary N) is 1. The van der Waals surface area contributed by atoms with Crippen LogP contribution in [0.1, 0.15) is 25.0 Å². The minimum atomic E-state index is 0. The summed E-state index contributed by atoms with van der Waals surface area (Å²) in [5.74, 6) is 1.91. The highest BCUT2D eigenvalue weighted by Gasteiger charge is 2.20. The van der Waals surface area contributed by atoms with E-state index in [2.05, 4.69) is 35.3 Å². The van der Waals surface area contributed by atoms with Crippen LogP contribution in [0.5, 0.6) is 5.75 Å². The van der Waals surface area contributed by atoms with Crippen molar-refractivity contribution in [1.82, 2.24) is 15.1 Å². The van der Waals surface area contributed by atoms with E-state index in [1.54, 1.807) is 6.92 Å². The van der Waals surface area contributed by atoms with Crippen molar-refractivity contribution in [1.29, 1.82) is 0 Å². The number of amides is 1. The van der Waals surface area contributed by atoms with Gasteiger partial charge < -0.3 is 19.9 Å². The van der Waals surface area contributed by atoms with Crippen molar-refractivity contribution < 1.29 is 9.53 Å². The molecule has 0 spiro atoms. The third kappa shape index (κ3) is 7.19. The summed E-state index contributed by atoms with van der Waals surface area (Å²) in [5, 5.41) is 3.38. The fourth-order valence-electron chi connectivity index (χ4n) is 3.33. The predicted octanol–water partition coefficient (Wildman–Crippen LogP) is 3.51. The van der Waals surface area contributed by atoms with Gasteiger partial charge in [-0.05, 0) is 30.2 Å². The number of benzene rings is 2. The van der Waals surface area contributed by atoms with Crippen molar-refractivity contribution in [3.8, 4) is 5.75 Å². The van der Waals surface area contributed by atoms with E-state index in [0.29, 0.717) is 13.2 Å². The quantitative estimate of drug-likeness (QED) is 0.359. The summed E-state index contributed by atoms with van der Waals surface area (Å²) < 4.78 is 5.85. The molecule has 7 heteroatoms. The Hall–Kier alpha value is -2.29. The van der Waals surface area contributed by atoms with Crippen molar-refractivity contribution >= 4 is 35.8 Å². The fraction of sp³-hybridized carbons (Fsp3) is 0.391. The van der Waals surface area contributed by atoms with Gasteiger partial charge in [0.25, 0.3) is 0 Å². The number of ether oxygens (including phenoxy) is 1. The molecule has 2 aromatic carbocycles. The van der Waals surface area contributed by atoms with Crippen molar-refractivity contribution in [3.05, 3.63) is 65.7 Å². The van der Waals surface area contributed by atoms with Gasteiger partial charge in [-0.2, -0.15) is 0 Å². The van der Waals surface area contributed by atoms with Crippen LogP contribution in [0.15, 0.2) is 59.6 Å². The monoisotopic (exact) mass is 522 g/mol. The average molecular weight is 522 g/mol. The predicted molar refractivity (Wildman–Crippen MR) is 131 cm³/mol. The Balaban J connectivity index is 0.00000320. The van der Waals surface area contributed by atoms with Gasteiger partial charge in [-0.3, -0.25) is 4.79 Å². The molecular weight excluding hydrogens is 491 g/mol. The van der Waals surface area contributed by atoms with Crippen LogP contribution in [-0.4, -0.2) is 54.4 Å². The van der Waals surface area contributed by atoms with Crippen LogP contribution in [0.3, 0.4) is 0 Å². The van der Waals surface area contributed by atoms with E-state index in [0.717, 1.165) is 55.6 Å². The highest BCUT2D eigenvalue weighted by molar-refractivity contribution is 14.0. The largest absolute Gasteiger partial charge is 0.489 e. The van der Waals surface area contributed by atoms with Gasteiger partial charge in [0.15, 0.2) is 5.96 Å². The molecule has 0 bridgehead atoms. The van der Waals surface area contributed by atoms with E-state index in [4.69, 9.17) is 9.73 Å². The normalized spacial score (nSPS) is 14.1. The zero-order valence-electron chi connectivity index (χ0n) is 17.7. The first-order valence-corrected chi connectivity index (χ1v) is 10.2. The minimum Gasteiger partial charge on any atom is -0.489 e. The molecule has 1 heterocycles. The van der Waals surface area contributed by atoms with Gasteiger partial charge in [-0.15, -0.1) is 24.0 Å². The van der Waals surface area contributed by atoms with E-state index in [-0.39, 0.29) is 29.9 Å². The number of piperazine rings is 1. The van der Waals surface area contributed by atoms with Crippen LogP contribution < -0.4 is 10.1 Å². The highest BCUT2D eigenvalue weighted by atomic mass is 127. The lowest BCUT2D eigenvalue weighted by atomic mass is 10.1. The zero-order chi connectivity index (χ0) is 20.5. The van der Waals surface area contributed by atoms with Crippen molar-refractivity contribution in [3.63, 3.8) is 0 Å². The molecule has 1 N–H and O–H groups in total. The molecular formula is C23H31IN4O2. The number of rotatable bonds is 6. The minimum absolute atomic E-state index is 0. The van der Waals surface area contributed by atoms with E-state index < -0.39 is 0 Å². The lowest BCUT2D eigenvalue weighted by Gasteiger charge is -2.36.